The van der Waals surface area contributed by atoms with Gasteiger partial charge in [0, 0.05) is 27.9 Å². The molecule has 1 aromatic carbocycles. The van der Waals surface area contributed by atoms with E-state index in [1.54, 1.807) is 18.5 Å². The van der Waals surface area contributed by atoms with Gasteiger partial charge in [0.15, 0.2) is 0 Å². The fraction of sp³-hybridized carbons (Fsp3) is 0.158. The van der Waals surface area contributed by atoms with E-state index < -0.39 is 0 Å². The molecule has 0 radical (unpaired) electrons. The maximum absolute atomic E-state index is 6.08. The molecule has 2 aromatic heterocycles. The first kappa shape index (κ1) is 15.8. The van der Waals surface area contributed by atoms with Crippen molar-refractivity contribution in [2.75, 3.05) is 6.61 Å². The molecule has 3 aromatic rings. The largest absolute Gasteiger partial charge is 0.365 e. The molecule has 0 saturated heterocycles. The van der Waals surface area contributed by atoms with Gasteiger partial charge in [0.2, 0.25) is 0 Å². The van der Waals surface area contributed by atoms with E-state index in [9.17, 15) is 0 Å². The molecule has 0 fully saturated rings. The fourth-order valence-electron chi connectivity index (χ4n) is 2.65. The lowest BCUT2D eigenvalue weighted by molar-refractivity contribution is 0.105. The van der Waals surface area contributed by atoms with Crippen LogP contribution in [-0.4, -0.2) is 16.6 Å². The smallest absolute Gasteiger partial charge is 0.109 e. The van der Waals surface area contributed by atoms with Crippen molar-refractivity contribution in [3.05, 3.63) is 82.7 Å². The van der Waals surface area contributed by atoms with Crippen molar-refractivity contribution in [1.82, 2.24) is 9.97 Å². The van der Waals surface area contributed by atoms with Gasteiger partial charge >= 0.3 is 0 Å². The second-order valence-corrected chi connectivity index (χ2v) is 6.21. The molecule has 3 nitrogen and oxygen atoms in total. The summed E-state index contributed by atoms with van der Waals surface area (Å²) in [6.45, 7) is 6.23. The molecule has 0 amide bonds. The first-order valence-electron chi connectivity index (χ1n) is 7.38. The molecule has 1 unspecified atom stereocenters. The molecule has 2 heterocycles. The summed E-state index contributed by atoms with van der Waals surface area (Å²) in [4.78, 5) is 8.73. The quantitative estimate of drug-likeness (QED) is 0.594. The zero-order chi connectivity index (χ0) is 16.2. The Labute approximate surface area is 144 Å². The van der Waals surface area contributed by atoms with Crippen LogP contribution in [0.1, 0.15) is 22.9 Å². The number of hydrogen-bond donors (Lipinski definition) is 0. The van der Waals surface area contributed by atoms with E-state index in [2.05, 4.69) is 44.6 Å². The summed E-state index contributed by atoms with van der Waals surface area (Å²) in [6, 6.07) is 12.2. The lowest BCUT2D eigenvalue weighted by atomic mass is 9.98. The van der Waals surface area contributed by atoms with E-state index in [1.807, 2.05) is 31.2 Å². The summed E-state index contributed by atoms with van der Waals surface area (Å²) < 4.78 is 7.10. The van der Waals surface area contributed by atoms with Gasteiger partial charge in [0.1, 0.15) is 6.10 Å². The molecule has 0 bridgehead atoms. The van der Waals surface area contributed by atoms with Gasteiger partial charge in [-0.05, 0) is 54.4 Å². The zero-order valence-electron chi connectivity index (χ0n) is 12.9. The van der Waals surface area contributed by atoms with Crippen LogP contribution in [0.25, 0.3) is 10.9 Å². The van der Waals surface area contributed by atoms with Crippen molar-refractivity contribution in [1.29, 1.82) is 0 Å². The van der Waals surface area contributed by atoms with Gasteiger partial charge in [-0.3, -0.25) is 9.97 Å². The standard InChI is InChI=1S/C19H17BrN2O/c1-3-10-23-19(14-6-8-21-9-7-14)17-11-13(2)22-18-5-4-15(20)12-16(17)18/h3-9,11-12,19H,1,10H2,2H3. The highest BCUT2D eigenvalue weighted by atomic mass is 79.9. The Morgan fingerprint density at radius 1 is 1.22 bits per heavy atom. The molecule has 0 spiro atoms. The minimum Gasteiger partial charge on any atom is -0.365 e. The van der Waals surface area contributed by atoms with E-state index in [0.29, 0.717) is 6.61 Å². The number of aromatic nitrogens is 2. The normalized spacial score (nSPS) is 12.3. The highest BCUT2D eigenvalue weighted by Crippen LogP contribution is 2.33. The monoisotopic (exact) mass is 368 g/mol. The third-order valence-corrected chi connectivity index (χ3v) is 4.10. The van der Waals surface area contributed by atoms with Crippen LogP contribution in [0.15, 0.2) is 65.9 Å². The van der Waals surface area contributed by atoms with Crippen LogP contribution < -0.4 is 0 Å². The van der Waals surface area contributed by atoms with Crippen molar-refractivity contribution in [2.45, 2.75) is 13.0 Å². The summed E-state index contributed by atoms with van der Waals surface area (Å²) in [6.07, 6.45) is 5.15. The molecule has 0 aliphatic heterocycles. The predicted molar refractivity (Wildman–Crippen MR) is 96.4 cm³/mol. The predicted octanol–water partition coefficient (Wildman–Crippen LogP) is 4.99. The van der Waals surface area contributed by atoms with Gasteiger partial charge in [-0.2, -0.15) is 0 Å². The first-order chi connectivity index (χ1) is 11.2. The second-order valence-electron chi connectivity index (χ2n) is 5.30. The summed E-state index contributed by atoms with van der Waals surface area (Å²) in [7, 11) is 0. The van der Waals surface area contributed by atoms with Crippen molar-refractivity contribution < 1.29 is 4.74 Å². The minimum atomic E-state index is -0.186. The number of halogens is 1. The Balaban J connectivity index is 2.20. The Kier molecular flexibility index (Phi) is 4.84. The summed E-state index contributed by atoms with van der Waals surface area (Å²) in [5.41, 5.74) is 4.09. The van der Waals surface area contributed by atoms with Crippen LogP contribution in [-0.2, 0) is 4.74 Å². The lowest BCUT2D eigenvalue weighted by Gasteiger charge is -2.20. The number of ether oxygens (including phenoxy) is 1. The molecular weight excluding hydrogens is 352 g/mol. The van der Waals surface area contributed by atoms with Crippen molar-refractivity contribution in [2.24, 2.45) is 0 Å². The minimum absolute atomic E-state index is 0.186. The Morgan fingerprint density at radius 3 is 2.74 bits per heavy atom. The third kappa shape index (κ3) is 3.49. The number of nitrogens with zero attached hydrogens (tertiary/aromatic N) is 2. The number of hydrogen-bond acceptors (Lipinski definition) is 3. The molecule has 116 valence electrons. The molecular formula is C19H17BrN2O. The highest BCUT2D eigenvalue weighted by Gasteiger charge is 2.18. The van der Waals surface area contributed by atoms with Gasteiger partial charge < -0.3 is 4.74 Å². The number of rotatable bonds is 5. The average Bonchev–Trinajstić information content (AvgIpc) is 2.56. The fourth-order valence-corrected chi connectivity index (χ4v) is 3.01. The SMILES string of the molecule is C=CCOC(c1ccncc1)c1cc(C)nc2ccc(Br)cc12. The van der Waals surface area contributed by atoms with Gasteiger partial charge in [-0.1, -0.05) is 22.0 Å². The van der Waals surface area contributed by atoms with Crippen LogP contribution in [0.2, 0.25) is 0 Å². The van der Waals surface area contributed by atoms with E-state index in [-0.39, 0.29) is 6.10 Å². The number of fused-ring (bicyclic) bond motifs is 1. The molecule has 3 rings (SSSR count). The van der Waals surface area contributed by atoms with Crippen LogP contribution in [0.3, 0.4) is 0 Å². The van der Waals surface area contributed by atoms with Crippen LogP contribution in [0, 0.1) is 6.92 Å². The van der Waals surface area contributed by atoms with Crippen molar-refractivity contribution in [3.8, 4) is 0 Å². The summed E-state index contributed by atoms with van der Waals surface area (Å²) in [5, 5.41) is 1.08. The van der Waals surface area contributed by atoms with Gasteiger partial charge in [0.05, 0.1) is 12.1 Å². The topological polar surface area (TPSA) is 35.0 Å². The van der Waals surface area contributed by atoms with Crippen LogP contribution in [0.4, 0.5) is 0 Å². The summed E-state index contributed by atoms with van der Waals surface area (Å²) in [5.74, 6) is 0. The van der Waals surface area contributed by atoms with E-state index in [1.165, 1.54) is 0 Å². The second kappa shape index (κ2) is 7.02. The van der Waals surface area contributed by atoms with Gasteiger partial charge in [0.25, 0.3) is 0 Å². The van der Waals surface area contributed by atoms with Crippen molar-refractivity contribution >= 4 is 26.8 Å². The first-order valence-corrected chi connectivity index (χ1v) is 8.17. The summed E-state index contributed by atoms with van der Waals surface area (Å²) >= 11 is 3.55. The Morgan fingerprint density at radius 2 is 2.00 bits per heavy atom. The Hall–Kier alpha value is -2.04. The molecule has 4 heteroatoms. The van der Waals surface area contributed by atoms with Gasteiger partial charge in [-0.25, -0.2) is 0 Å². The maximum Gasteiger partial charge on any atom is 0.109 e. The maximum atomic E-state index is 6.08. The zero-order valence-corrected chi connectivity index (χ0v) is 14.5. The van der Waals surface area contributed by atoms with E-state index in [0.717, 1.165) is 32.2 Å². The number of aryl methyl sites for hydroxylation is 1. The molecule has 0 saturated carbocycles. The van der Waals surface area contributed by atoms with Crippen molar-refractivity contribution in [3.63, 3.8) is 0 Å². The third-order valence-electron chi connectivity index (χ3n) is 3.60. The number of pyridine rings is 2. The molecule has 1 atom stereocenters. The van der Waals surface area contributed by atoms with E-state index >= 15 is 0 Å². The van der Waals surface area contributed by atoms with Crippen LogP contribution >= 0.6 is 15.9 Å². The molecule has 23 heavy (non-hydrogen) atoms. The Bertz CT molecular complexity index is 833. The molecule has 0 aliphatic rings. The highest BCUT2D eigenvalue weighted by molar-refractivity contribution is 9.10. The number of benzene rings is 1. The van der Waals surface area contributed by atoms with E-state index in [4.69, 9.17) is 4.74 Å². The van der Waals surface area contributed by atoms with Crippen LogP contribution in [0.5, 0.6) is 0 Å². The lowest BCUT2D eigenvalue weighted by Crippen LogP contribution is -2.08. The van der Waals surface area contributed by atoms with Gasteiger partial charge in [-0.15, -0.1) is 6.58 Å². The molecule has 0 N–H and O–H groups in total. The molecule has 0 aliphatic carbocycles. The average molecular weight is 369 g/mol.